The second-order valence-electron chi connectivity index (χ2n) is 6.62. The zero-order chi connectivity index (χ0) is 21.7. The highest BCUT2D eigenvalue weighted by Gasteiger charge is 2.34. The number of nitrogens with zero attached hydrogens (tertiary/aromatic N) is 3. The SMILES string of the molecule is CS(=O)(=O)c1ccc(-c2cnc3ccc(-c4ccc(C(F)(F)F)c(F)c4)nn23)cc1. The summed E-state index contributed by atoms with van der Waals surface area (Å²) in [6.07, 6.45) is -2.14. The van der Waals surface area contributed by atoms with Crippen LogP contribution in [-0.2, 0) is 16.0 Å². The Kier molecular flexibility index (Phi) is 4.61. The predicted octanol–water partition coefficient (Wildman–Crippen LogP) is 4.62. The Hall–Kier alpha value is -3.27. The zero-order valence-electron chi connectivity index (χ0n) is 15.4. The molecule has 0 fully saturated rings. The first kappa shape index (κ1) is 20.0. The van der Waals surface area contributed by atoms with Crippen molar-refractivity contribution in [2.45, 2.75) is 11.1 Å². The summed E-state index contributed by atoms with van der Waals surface area (Å²) in [5.41, 5.74) is 0.726. The minimum absolute atomic E-state index is 0.161. The van der Waals surface area contributed by atoms with E-state index in [1.165, 1.54) is 28.9 Å². The van der Waals surface area contributed by atoms with Gasteiger partial charge < -0.3 is 0 Å². The average molecular weight is 435 g/mol. The van der Waals surface area contributed by atoms with Gasteiger partial charge in [0.2, 0.25) is 0 Å². The number of halogens is 4. The van der Waals surface area contributed by atoms with Crippen molar-refractivity contribution < 1.29 is 26.0 Å². The van der Waals surface area contributed by atoms with Crippen molar-refractivity contribution >= 4 is 15.5 Å². The second-order valence-corrected chi connectivity index (χ2v) is 8.64. The molecule has 154 valence electrons. The lowest BCUT2D eigenvalue weighted by Gasteiger charge is -2.10. The summed E-state index contributed by atoms with van der Waals surface area (Å²) in [5.74, 6) is -1.39. The van der Waals surface area contributed by atoms with E-state index < -0.39 is 27.4 Å². The number of aromatic nitrogens is 3. The average Bonchev–Trinajstić information content (AvgIpc) is 3.09. The first-order chi connectivity index (χ1) is 14.0. The minimum Gasteiger partial charge on any atom is -0.235 e. The Morgan fingerprint density at radius 2 is 1.60 bits per heavy atom. The number of sulfone groups is 1. The van der Waals surface area contributed by atoms with Crippen molar-refractivity contribution in [1.82, 2.24) is 14.6 Å². The standard InChI is InChI=1S/C20H13F4N3O2S/c1-30(28,29)14-5-2-12(3-6-14)18-11-25-19-9-8-17(26-27(18)19)13-4-7-15(16(21)10-13)20(22,23)24/h2-11H,1H3. The number of rotatable bonds is 3. The van der Waals surface area contributed by atoms with Crippen molar-refractivity contribution in [3.63, 3.8) is 0 Å². The number of alkyl halides is 3. The molecule has 30 heavy (non-hydrogen) atoms. The maximum Gasteiger partial charge on any atom is 0.419 e. The van der Waals surface area contributed by atoms with E-state index in [9.17, 15) is 26.0 Å². The van der Waals surface area contributed by atoms with Crippen molar-refractivity contribution in [2.24, 2.45) is 0 Å². The van der Waals surface area contributed by atoms with Gasteiger partial charge in [0, 0.05) is 17.4 Å². The first-order valence-corrected chi connectivity index (χ1v) is 10.5. The van der Waals surface area contributed by atoms with Crippen molar-refractivity contribution in [3.05, 3.63) is 72.2 Å². The maximum atomic E-state index is 13.9. The van der Waals surface area contributed by atoms with Gasteiger partial charge in [-0.25, -0.2) is 22.3 Å². The highest BCUT2D eigenvalue weighted by molar-refractivity contribution is 7.90. The number of hydrogen-bond acceptors (Lipinski definition) is 4. The summed E-state index contributed by atoms with van der Waals surface area (Å²) in [6, 6.07) is 11.9. The minimum atomic E-state index is -4.78. The first-order valence-electron chi connectivity index (χ1n) is 8.56. The molecule has 0 spiro atoms. The third kappa shape index (κ3) is 3.65. The van der Waals surface area contributed by atoms with Gasteiger partial charge in [-0.2, -0.15) is 18.3 Å². The topological polar surface area (TPSA) is 64.3 Å². The highest BCUT2D eigenvalue weighted by Crippen LogP contribution is 2.33. The number of hydrogen-bond donors (Lipinski definition) is 0. The molecule has 0 saturated carbocycles. The monoisotopic (exact) mass is 435 g/mol. The fraction of sp³-hybridized carbons (Fsp3) is 0.100. The summed E-state index contributed by atoms with van der Waals surface area (Å²) in [7, 11) is -3.35. The molecule has 0 atom stereocenters. The van der Waals surface area contributed by atoms with Crippen LogP contribution in [0.1, 0.15) is 5.56 Å². The molecule has 0 aliphatic rings. The number of imidazole rings is 1. The number of fused-ring (bicyclic) bond motifs is 1. The molecule has 0 saturated heterocycles. The van der Waals surface area contributed by atoms with E-state index in [1.54, 1.807) is 18.2 Å². The van der Waals surface area contributed by atoms with E-state index in [0.29, 0.717) is 23.0 Å². The Morgan fingerprint density at radius 3 is 2.20 bits per heavy atom. The maximum absolute atomic E-state index is 13.9. The summed E-state index contributed by atoms with van der Waals surface area (Å²) in [6.45, 7) is 0. The molecule has 5 nitrogen and oxygen atoms in total. The third-order valence-corrected chi connectivity index (χ3v) is 5.64. The summed E-state index contributed by atoms with van der Waals surface area (Å²) >= 11 is 0. The fourth-order valence-corrected chi connectivity index (χ4v) is 3.63. The van der Waals surface area contributed by atoms with Crippen LogP contribution >= 0.6 is 0 Å². The quantitative estimate of drug-likeness (QED) is 0.441. The molecule has 0 aliphatic carbocycles. The Balaban J connectivity index is 1.78. The molecule has 0 amide bonds. The molecule has 0 N–H and O–H groups in total. The molecule has 2 heterocycles. The lowest BCUT2D eigenvalue weighted by atomic mass is 10.1. The summed E-state index contributed by atoms with van der Waals surface area (Å²) in [4.78, 5) is 4.39. The second kappa shape index (κ2) is 6.91. The van der Waals surface area contributed by atoms with Crippen molar-refractivity contribution in [2.75, 3.05) is 6.26 Å². The van der Waals surface area contributed by atoms with Crippen molar-refractivity contribution in [1.29, 1.82) is 0 Å². The van der Waals surface area contributed by atoms with Crippen LogP contribution in [0.2, 0.25) is 0 Å². The summed E-state index contributed by atoms with van der Waals surface area (Å²) < 4.78 is 77.0. The summed E-state index contributed by atoms with van der Waals surface area (Å²) in [5, 5.41) is 4.37. The lowest BCUT2D eigenvalue weighted by Crippen LogP contribution is -2.08. The normalized spacial score (nSPS) is 12.4. The van der Waals surface area contributed by atoms with E-state index in [4.69, 9.17) is 0 Å². The van der Waals surface area contributed by atoms with Crippen LogP contribution in [0.3, 0.4) is 0 Å². The van der Waals surface area contributed by atoms with E-state index in [-0.39, 0.29) is 16.2 Å². The molecular formula is C20H13F4N3O2S. The van der Waals surface area contributed by atoms with E-state index in [1.807, 2.05) is 0 Å². The molecule has 2 aromatic carbocycles. The molecule has 4 rings (SSSR count). The van der Waals surface area contributed by atoms with Crippen LogP contribution < -0.4 is 0 Å². The van der Waals surface area contributed by atoms with Crippen LogP contribution in [0.15, 0.2) is 65.7 Å². The van der Waals surface area contributed by atoms with Crippen molar-refractivity contribution in [3.8, 4) is 22.5 Å². The number of benzene rings is 2. The molecular weight excluding hydrogens is 422 g/mol. The van der Waals surface area contributed by atoms with Gasteiger partial charge in [-0.15, -0.1) is 0 Å². The molecule has 0 aliphatic heterocycles. The molecule has 4 aromatic rings. The van der Waals surface area contributed by atoms with Gasteiger partial charge in [0.05, 0.1) is 28.0 Å². The van der Waals surface area contributed by atoms with Gasteiger partial charge in [0.1, 0.15) is 5.82 Å². The van der Waals surface area contributed by atoms with E-state index >= 15 is 0 Å². The van der Waals surface area contributed by atoms with Gasteiger partial charge in [-0.05, 0) is 36.4 Å². The molecule has 0 radical (unpaired) electrons. The van der Waals surface area contributed by atoms with E-state index in [2.05, 4.69) is 10.1 Å². The van der Waals surface area contributed by atoms with Crippen LogP contribution in [0.25, 0.3) is 28.2 Å². The Morgan fingerprint density at radius 1 is 0.933 bits per heavy atom. The van der Waals surface area contributed by atoms with Gasteiger partial charge in [-0.3, -0.25) is 0 Å². The van der Waals surface area contributed by atoms with Crippen LogP contribution in [0.4, 0.5) is 17.6 Å². The smallest absolute Gasteiger partial charge is 0.235 e. The predicted molar refractivity (Wildman–Crippen MR) is 102 cm³/mol. The molecule has 0 bridgehead atoms. The van der Waals surface area contributed by atoms with Gasteiger partial charge in [0.15, 0.2) is 15.5 Å². The largest absolute Gasteiger partial charge is 0.419 e. The van der Waals surface area contributed by atoms with Gasteiger partial charge >= 0.3 is 6.18 Å². The lowest BCUT2D eigenvalue weighted by molar-refractivity contribution is -0.139. The molecule has 0 unspecified atom stereocenters. The third-order valence-electron chi connectivity index (χ3n) is 4.51. The molecule has 2 aromatic heterocycles. The fourth-order valence-electron chi connectivity index (χ4n) is 3.00. The highest BCUT2D eigenvalue weighted by atomic mass is 32.2. The van der Waals surface area contributed by atoms with Gasteiger partial charge in [0.25, 0.3) is 0 Å². The van der Waals surface area contributed by atoms with Crippen LogP contribution in [-0.4, -0.2) is 29.3 Å². The zero-order valence-corrected chi connectivity index (χ0v) is 16.2. The van der Waals surface area contributed by atoms with Gasteiger partial charge in [-0.1, -0.05) is 18.2 Å². The van der Waals surface area contributed by atoms with Crippen LogP contribution in [0.5, 0.6) is 0 Å². The Labute approximate surface area is 168 Å². The van der Waals surface area contributed by atoms with Crippen LogP contribution in [0, 0.1) is 5.82 Å². The molecule has 10 heteroatoms. The van der Waals surface area contributed by atoms with E-state index in [0.717, 1.165) is 18.4 Å². The Bertz CT molecular complexity index is 1360.